The van der Waals surface area contributed by atoms with Gasteiger partial charge in [0.25, 0.3) is 5.91 Å². The summed E-state index contributed by atoms with van der Waals surface area (Å²) in [5.41, 5.74) is 1.56. The van der Waals surface area contributed by atoms with Crippen molar-refractivity contribution in [1.82, 2.24) is 14.3 Å². The largest absolute Gasteiger partial charge is 0.278 e. The summed E-state index contributed by atoms with van der Waals surface area (Å²) >= 11 is 1.21. The lowest BCUT2D eigenvalue weighted by Gasteiger charge is -2.20. The van der Waals surface area contributed by atoms with Crippen LogP contribution in [-0.2, 0) is 16.6 Å². The molecule has 0 spiro atoms. The van der Waals surface area contributed by atoms with Gasteiger partial charge in [0, 0.05) is 24.8 Å². The van der Waals surface area contributed by atoms with Crippen molar-refractivity contribution in [3.8, 4) is 0 Å². The van der Waals surface area contributed by atoms with E-state index in [2.05, 4.69) is 9.97 Å². The lowest BCUT2D eigenvalue weighted by atomic mass is 10.2. The van der Waals surface area contributed by atoms with Crippen molar-refractivity contribution < 1.29 is 17.6 Å². The van der Waals surface area contributed by atoms with Crippen LogP contribution in [0, 0.1) is 5.82 Å². The number of halogens is 1. The average Bonchev–Trinajstić information content (AvgIpc) is 3.61. The van der Waals surface area contributed by atoms with E-state index in [4.69, 9.17) is 0 Å². The first kappa shape index (κ1) is 22.6. The molecule has 10 heteroatoms. The van der Waals surface area contributed by atoms with Crippen molar-refractivity contribution in [3.05, 3.63) is 83.9 Å². The Morgan fingerprint density at radius 2 is 1.88 bits per heavy atom. The van der Waals surface area contributed by atoms with Gasteiger partial charge in [-0.3, -0.25) is 14.7 Å². The molecule has 0 atom stereocenters. The van der Waals surface area contributed by atoms with Crippen molar-refractivity contribution in [2.24, 2.45) is 0 Å². The maximum absolute atomic E-state index is 13.7. The normalized spacial score (nSPS) is 14.0. The molecule has 0 aliphatic heterocycles. The number of rotatable bonds is 7. The van der Waals surface area contributed by atoms with Gasteiger partial charge in [0.1, 0.15) is 5.82 Å². The van der Waals surface area contributed by atoms with Gasteiger partial charge in [0.2, 0.25) is 10.0 Å². The molecule has 4 aromatic rings. The lowest BCUT2D eigenvalue weighted by Crippen LogP contribution is -2.31. The van der Waals surface area contributed by atoms with Gasteiger partial charge in [-0.05, 0) is 67.4 Å². The van der Waals surface area contributed by atoms with E-state index in [1.54, 1.807) is 31.4 Å². The summed E-state index contributed by atoms with van der Waals surface area (Å²) in [6.07, 6.45) is 3.36. The smallest absolute Gasteiger partial charge is 0.260 e. The molecule has 5 rings (SSSR count). The first-order valence-electron chi connectivity index (χ1n) is 10.7. The summed E-state index contributed by atoms with van der Waals surface area (Å²) in [6.45, 7) is 0.159. The minimum Gasteiger partial charge on any atom is -0.278 e. The molecule has 1 fully saturated rings. The Kier molecular flexibility index (Phi) is 5.88. The molecule has 0 unspecified atom stereocenters. The Morgan fingerprint density at radius 1 is 1.12 bits per heavy atom. The molecule has 0 saturated heterocycles. The number of fused-ring (bicyclic) bond motifs is 1. The van der Waals surface area contributed by atoms with Crippen LogP contribution in [0.5, 0.6) is 0 Å². The minimum absolute atomic E-state index is 0.0454. The highest BCUT2D eigenvalue weighted by atomic mass is 32.2. The number of nitrogens with zero attached hydrogens (tertiary/aromatic N) is 4. The highest BCUT2D eigenvalue weighted by molar-refractivity contribution is 7.89. The molecule has 0 N–H and O–H groups in total. The van der Waals surface area contributed by atoms with Crippen molar-refractivity contribution in [1.29, 1.82) is 0 Å². The Hall–Kier alpha value is -3.21. The number of benzene rings is 2. The second-order valence-corrected chi connectivity index (χ2v) is 11.1. The van der Waals surface area contributed by atoms with Crippen LogP contribution < -0.4 is 4.90 Å². The fourth-order valence-corrected chi connectivity index (χ4v) is 6.01. The second-order valence-electron chi connectivity index (χ2n) is 8.10. The van der Waals surface area contributed by atoms with Crippen molar-refractivity contribution in [2.75, 3.05) is 11.9 Å². The summed E-state index contributed by atoms with van der Waals surface area (Å²) in [4.78, 5) is 24.0. The molecule has 0 bridgehead atoms. The van der Waals surface area contributed by atoms with E-state index < -0.39 is 10.0 Å². The number of sulfonamides is 1. The van der Waals surface area contributed by atoms with Crippen LogP contribution in [0.1, 0.15) is 28.9 Å². The van der Waals surface area contributed by atoms with Gasteiger partial charge in [0.15, 0.2) is 5.13 Å². The van der Waals surface area contributed by atoms with E-state index in [1.165, 1.54) is 56.9 Å². The third-order valence-electron chi connectivity index (χ3n) is 5.70. The minimum atomic E-state index is -3.61. The molecule has 2 aromatic heterocycles. The molecule has 2 aromatic carbocycles. The van der Waals surface area contributed by atoms with E-state index >= 15 is 0 Å². The van der Waals surface area contributed by atoms with Crippen LogP contribution in [0.2, 0.25) is 0 Å². The molecular weight excluding hydrogens is 475 g/mol. The van der Waals surface area contributed by atoms with Gasteiger partial charge in [-0.2, -0.15) is 4.31 Å². The fourth-order valence-electron chi connectivity index (χ4n) is 3.61. The lowest BCUT2D eigenvalue weighted by molar-refractivity contribution is 0.0984. The Balaban J connectivity index is 1.48. The van der Waals surface area contributed by atoms with Crippen molar-refractivity contribution in [3.63, 3.8) is 0 Å². The number of hydrogen-bond donors (Lipinski definition) is 0. The monoisotopic (exact) mass is 496 g/mol. The predicted molar refractivity (Wildman–Crippen MR) is 129 cm³/mol. The van der Waals surface area contributed by atoms with Gasteiger partial charge < -0.3 is 0 Å². The quantitative estimate of drug-likeness (QED) is 0.377. The van der Waals surface area contributed by atoms with Crippen LogP contribution in [0.4, 0.5) is 9.52 Å². The first-order valence-corrected chi connectivity index (χ1v) is 12.9. The number of carbonyl (C=O) groups excluding carboxylic acids is 1. The van der Waals surface area contributed by atoms with Crippen LogP contribution in [0.15, 0.2) is 71.8 Å². The molecule has 7 nitrogen and oxygen atoms in total. The molecule has 174 valence electrons. The van der Waals surface area contributed by atoms with Crippen molar-refractivity contribution >= 4 is 42.6 Å². The number of hydrogen-bond acceptors (Lipinski definition) is 6. The first-order chi connectivity index (χ1) is 16.3. The summed E-state index contributed by atoms with van der Waals surface area (Å²) in [5, 5.41) is 0.404. The number of pyridine rings is 1. The summed E-state index contributed by atoms with van der Waals surface area (Å²) in [6, 6.07) is 15.7. The topological polar surface area (TPSA) is 83.5 Å². The van der Waals surface area contributed by atoms with Crippen LogP contribution in [-0.4, -0.2) is 41.7 Å². The molecule has 1 aliphatic rings. The Labute approximate surface area is 200 Å². The van der Waals surface area contributed by atoms with E-state index in [0.717, 1.165) is 12.8 Å². The Bertz CT molecular complexity index is 1450. The van der Waals surface area contributed by atoms with Gasteiger partial charge in [-0.15, -0.1) is 0 Å². The third kappa shape index (κ3) is 4.44. The number of carbonyl (C=O) groups is 1. The van der Waals surface area contributed by atoms with E-state index in [0.29, 0.717) is 26.6 Å². The molecular formula is C24H21FN4O3S2. The molecule has 2 heterocycles. The molecule has 1 amide bonds. The zero-order chi connectivity index (χ0) is 23.9. The molecule has 1 aliphatic carbocycles. The molecule has 34 heavy (non-hydrogen) atoms. The second kappa shape index (κ2) is 8.86. The predicted octanol–water partition coefficient (Wildman–Crippen LogP) is 4.46. The number of thiazole rings is 1. The van der Waals surface area contributed by atoms with E-state index in [9.17, 15) is 17.6 Å². The maximum Gasteiger partial charge on any atom is 0.260 e. The maximum atomic E-state index is 13.7. The zero-order valence-corrected chi connectivity index (χ0v) is 19.9. The highest BCUT2D eigenvalue weighted by Crippen LogP contribution is 2.32. The fraction of sp³-hybridized carbons (Fsp3) is 0.208. The average molecular weight is 497 g/mol. The highest BCUT2D eigenvalue weighted by Gasteiger charge is 2.35. The number of amides is 1. The van der Waals surface area contributed by atoms with Crippen LogP contribution in [0.3, 0.4) is 0 Å². The standard InChI is InChI=1S/C24H21FN4O3S2/c1-28(19-8-9-19)34(31,32)20-10-5-16(6-11-20)23(30)29(15-18-4-2-3-13-26-18)24-27-21-12-7-17(25)14-22(21)33-24/h2-7,10-14,19H,8-9,15H2,1H3. The van der Waals surface area contributed by atoms with Gasteiger partial charge in [0.05, 0.1) is 27.4 Å². The summed E-state index contributed by atoms with van der Waals surface area (Å²) < 4.78 is 41.3. The number of aromatic nitrogens is 2. The van der Waals surface area contributed by atoms with Gasteiger partial charge >= 0.3 is 0 Å². The Morgan fingerprint density at radius 3 is 2.56 bits per heavy atom. The molecule has 0 radical (unpaired) electrons. The summed E-state index contributed by atoms with van der Waals surface area (Å²) in [5.74, 6) is -0.733. The van der Waals surface area contributed by atoms with E-state index in [1.807, 2.05) is 6.07 Å². The van der Waals surface area contributed by atoms with Crippen LogP contribution >= 0.6 is 11.3 Å². The van der Waals surface area contributed by atoms with E-state index in [-0.39, 0.29) is 29.2 Å². The summed E-state index contributed by atoms with van der Waals surface area (Å²) in [7, 11) is -2.03. The van der Waals surface area contributed by atoms with Gasteiger partial charge in [-0.1, -0.05) is 17.4 Å². The third-order valence-corrected chi connectivity index (χ3v) is 8.67. The SMILES string of the molecule is CN(C1CC1)S(=O)(=O)c1ccc(C(=O)N(Cc2ccccn2)c2nc3ccc(F)cc3s2)cc1. The van der Waals surface area contributed by atoms with Crippen LogP contribution in [0.25, 0.3) is 10.2 Å². The molecule has 1 saturated carbocycles. The number of anilines is 1. The van der Waals surface area contributed by atoms with Crippen molar-refractivity contribution in [2.45, 2.75) is 30.3 Å². The van der Waals surface area contributed by atoms with Gasteiger partial charge in [-0.25, -0.2) is 17.8 Å². The zero-order valence-electron chi connectivity index (χ0n) is 18.3.